The van der Waals surface area contributed by atoms with Crippen molar-refractivity contribution >= 4 is 87.5 Å². The van der Waals surface area contributed by atoms with Crippen LogP contribution >= 0.6 is 31.9 Å². The summed E-state index contributed by atoms with van der Waals surface area (Å²) in [4.78, 5) is 4.65. The van der Waals surface area contributed by atoms with Crippen LogP contribution in [0, 0.1) is 6.92 Å². The highest BCUT2D eigenvalue weighted by Crippen LogP contribution is 2.51. The monoisotopic (exact) mass is 698 g/mol. The third kappa shape index (κ3) is 5.23. The zero-order chi connectivity index (χ0) is 30.2. The highest BCUT2D eigenvalue weighted by atomic mass is 79.9. The first-order valence-electron chi connectivity index (χ1n) is 14.4. The lowest BCUT2D eigenvalue weighted by atomic mass is 9.95. The maximum absolute atomic E-state index is 10.2. The fraction of sp³-hybridized carbons (Fsp3) is 0.0256. The Morgan fingerprint density at radius 2 is 0.705 bits per heavy atom. The van der Waals surface area contributed by atoms with Gasteiger partial charge in [0.1, 0.15) is 5.75 Å². The van der Waals surface area contributed by atoms with E-state index in [1.54, 1.807) is 12.1 Å². The number of aryl methyl sites for hydroxylation is 1. The van der Waals surface area contributed by atoms with Gasteiger partial charge >= 0.3 is 0 Å². The lowest BCUT2D eigenvalue weighted by Gasteiger charge is -2.33. The van der Waals surface area contributed by atoms with E-state index in [0.29, 0.717) is 0 Å². The molecular formula is C39H28Br2N2O. The van der Waals surface area contributed by atoms with Crippen LogP contribution in [0.25, 0.3) is 21.5 Å². The van der Waals surface area contributed by atoms with Gasteiger partial charge in [0, 0.05) is 53.2 Å². The number of anilines is 6. The van der Waals surface area contributed by atoms with Crippen LogP contribution in [-0.4, -0.2) is 5.11 Å². The van der Waals surface area contributed by atoms with Crippen LogP contribution in [0.4, 0.5) is 34.1 Å². The van der Waals surface area contributed by atoms with E-state index < -0.39 is 0 Å². The zero-order valence-corrected chi connectivity index (χ0v) is 27.1. The van der Waals surface area contributed by atoms with Crippen molar-refractivity contribution in [3.05, 3.63) is 160 Å². The van der Waals surface area contributed by atoms with E-state index >= 15 is 0 Å². The van der Waals surface area contributed by atoms with Gasteiger partial charge in [-0.3, -0.25) is 0 Å². The molecule has 0 aliphatic rings. The first-order valence-corrected chi connectivity index (χ1v) is 16.0. The van der Waals surface area contributed by atoms with Gasteiger partial charge in [0.2, 0.25) is 0 Å². The molecule has 0 spiro atoms. The molecule has 0 aliphatic carbocycles. The molecule has 0 bridgehead atoms. The van der Waals surface area contributed by atoms with Gasteiger partial charge < -0.3 is 14.9 Å². The van der Waals surface area contributed by atoms with Crippen LogP contribution < -0.4 is 9.80 Å². The van der Waals surface area contributed by atoms with Crippen molar-refractivity contribution in [1.82, 2.24) is 0 Å². The van der Waals surface area contributed by atoms with Crippen LogP contribution in [0.1, 0.15) is 5.56 Å². The normalized spacial score (nSPS) is 11.2. The van der Waals surface area contributed by atoms with E-state index in [0.717, 1.165) is 64.6 Å². The summed E-state index contributed by atoms with van der Waals surface area (Å²) in [5, 5.41) is 14.7. The molecule has 0 saturated heterocycles. The zero-order valence-electron chi connectivity index (χ0n) is 24.0. The van der Waals surface area contributed by atoms with Crippen LogP contribution in [0.5, 0.6) is 5.75 Å². The van der Waals surface area contributed by atoms with E-state index in [1.807, 2.05) is 12.1 Å². The topological polar surface area (TPSA) is 26.7 Å². The number of rotatable bonds is 6. The molecule has 7 aromatic rings. The molecule has 0 atom stereocenters. The molecule has 0 aromatic heterocycles. The minimum atomic E-state index is 0.234. The Morgan fingerprint density at radius 3 is 1.05 bits per heavy atom. The van der Waals surface area contributed by atoms with Crippen molar-refractivity contribution in [2.75, 3.05) is 9.80 Å². The first kappa shape index (κ1) is 28.2. The molecule has 0 aliphatic heterocycles. The number of hydrogen-bond donors (Lipinski definition) is 1. The Morgan fingerprint density at radius 1 is 0.409 bits per heavy atom. The average molecular weight is 700 g/mol. The molecule has 5 heteroatoms. The second kappa shape index (κ2) is 11.8. The number of nitrogens with zero attached hydrogens (tertiary/aromatic N) is 2. The summed E-state index contributed by atoms with van der Waals surface area (Å²) in [6, 6.07) is 50.3. The number of hydrogen-bond acceptors (Lipinski definition) is 3. The van der Waals surface area contributed by atoms with Crippen molar-refractivity contribution in [2.45, 2.75) is 6.92 Å². The minimum absolute atomic E-state index is 0.234. The highest BCUT2D eigenvalue weighted by Gasteiger charge is 2.25. The van der Waals surface area contributed by atoms with Gasteiger partial charge in [0.05, 0.1) is 11.4 Å². The summed E-state index contributed by atoms with van der Waals surface area (Å²) in [6.45, 7) is 2.12. The predicted molar refractivity (Wildman–Crippen MR) is 193 cm³/mol. The standard InChI is InChI=1S/C39H28Br2N2O/c1-26-10-16-29(17-11-26)42(30-18-12-27(40)13-19-30)38-34-6-2-4-8-36(34)39(37-9-5-3-7-35(37)38)43(31-20-14-28(41)15-21-31)32-22-24-33(44)25-23-32/h2-25,44H,1H3. The Bertz CT molecular complexity index is 1790. The largest absolute Gasteiger partial charge is 0.508 e. The van der Waals surface area contributed by atoms with Gasteiger partial charge in [0.15, 0.2) is 0 Å². The van der Waals surface area contributed by atoms with Crippen LogP contribution in [0.2, 0.25) is 0 Å². The second-order valence-electron chi connectivity index (χ2n) is 10.8. The van der Waals surface area contributed by atoms with Gasteiger partial charge in [-0.2, -0.15) is 0 Å². The molecule has 0 unspecified atom stereocenters. The van der Waals surface area contributed by atoms with Crippen molar-refractivity contribution in [1.29, 1.82) is 0 Å². The number of halogens is 2. The number of phenols is 1. The number of fused-ring (bicyclic) bond motifs is 2. The Balaban J connectivity index is 1.60. The summed E-state index contributed by atoms with van der Waals surface area (Å²) in [5.41, 5.74) is 7.54. The average Bonchev–Trinajstić information content (AvgIpc) is 3.05. The number of benzene rings is 7. The molecule has 7 rings (SSSR count). The van der Waals surface area contributed by atoms with Crippen molar-refractivity contribution < 1.29 is 5.11 Å². The predicted octanol–water partition coefficient (Wildman–Crippen LogP) is 12.5. The summed E-state index contributed by atoms with van der Waals surface area (Å²) < 4.78 is 2.05. The molecule has 7 aromatic carbocycles. The Labute approximate surface area is 273 Å². The smallest absolute Gasteiger partial charge is 0.115 e. The molecule has 214 valence electrons. The highest BCUT2D eigenvalue weighted by molar-refractivity contribution is 9.10. The summed E-state index contributed by atoms with van der Waals surface area (Å²) in [7, 11) is 0. The molecule has 44 heavy (non-hydrogen) atoms. The quantitative estimate of drug-likeness (QED) is 0.138. The summed E-state index contributed by atoms with van der Waals surface area (Å²) in [6.07, 6.45) is 0. The maximum Gasteiger partial charge on any atom is 0.115 e. The Hall–Kier alpha value is -4.58. The summed E-state index contributed by atoms with van der Waals surface area (Å²) >= 11 is 7.25. The molecule has 0 fully saturated rings. The van der Waals surface area contributed by atoms with Crippen LogP contribution in [0.3, 0.4) is 0 Å². The Kier molecular flexibility index (Phi) is 7.59. The first-order chi connectivity index (χ1) is 21.5. The second-order valence-corrected chi connectivity index (χ2v) is 12.6. The van der Waals surface area contributed by atoms with E-state index in [4.69, 9.17) is 0 Å². The molecule has 0 saturated carbocycles. The molecule has 1 N–H and O–H groups in total. The number of aromatic hydroxyl groups is 1. The minimum Gasteiger partial charge on any atom is -0.508 e. The molecule has 0 radical (unpaired) electrons. The SMILES string of the molecule is Cc1ccc(N(c2ccc(Br)cc2)c2c3ccccc3c(N(c3ccc(O)cc3)c3ccc(Br)cc3)c3ccccc23)cc1. The van der Waals surface area contributed by atoms with Crippen molar-refractivity contribution in [2.24, 2.45) is 0 Å². The molecule has 3 nitrogen and oxygen atoms in total. The third-order valence-corrected chi connectivity index (χ3v) is 8.95. The lowest BCUT2D eigenvalue weighted by Crippen LogP contribution is -2.14. The van der Waals surface area contributed by atoms with E-state index in [2.05, 4.69) is 170 Å². The fourth-order valence-corrected chi connectivity index (χ4v) is 6.38. The van der Waals surface area contributed by atoms with Gasteiger partial charge in [-0.1, -0.05) is 98.1 Å². The number of phenolic OH excluding ortho intramolecular Hbond substituents is 1. The third-order valence-electron chi connectivity index (χ3n) is 7.89. The molecule has 0 heterocycles. The fourth-order valence-electron chi connectivity index (χ4n) is 5.85. The lowest BCUT2D eigenvalue weighted by molar-refractivity contribution is 0.475. The van der Waals surface area contributed by atoms with E-state index in [9.17, 15) is 5.11 Å². The van der Waals surface area contributed by atoms with Gasteiger partial charge in [-0.25, -0.2) is 0 Å². The van der Waals surface area contributed by atoms with Crippen LogP contribution in [-0.2, 0) is 0 Å². The van der Waals surface area contributed by atoms with E-state index in [1.165, 1.54) is 5.56 Å². The van der Waals surface area contributed by atoms with Gasteiger partial charge in [-0.05, 0) is 91.9 Å². The maximum atomic E-state index is 10.2. The molecule has 0 amide bonds. The van der Waals surface area contributed by atoms with Crippen LogP contribution in [0.15, 0.2) is 155 Å². The van der Waals surface area contributed by atoms with E-state index in [-0.39, 0.29) is 5.75 Å². The molecular weight excluding hydrogens is 672 g/mol. The van der Waals surface area contributed by atoms with Gasteiger partial charge in [0.25, 0.3) is 0 Å². The van der Waals surface area contributed by atoms with Gasteiger partial charge in [-0.15, -0.1) is 0 Å². The van der Waals surface area contributed by atoms with Crippen molar-refractivity contribution in [3.63, 3.8) is 0 Å². The summed E-state index contributed by atoms with van der Waals surface area (Å²) in [5.74, 6) is 0.234. The van der Waals surface area contributed by atoms with Crippen molar-refractivity contribution in [3.8, 4) is 5.75 Å².